The second-order valence-corrected chi connectivity index (χ2v) is 12.1. The predicted molar refractivity (Wildman–Crippen MR) is 156 cm³/mol. The molecule has 0 spiro atoms. The van der Waals surface area contributed by atoms with Gasteiger partial charge in [-0.05, 0) is 62.4 Å². The first-order valence-corrected chi connectivity index (χ1v) is 15.0. The van der Waals surface area contributed by atoms with Crippen LogP contribution in [0.4, 0.5) is 5.13 Å². The summed E-state index contributed by atoms with van der Waals surface area (Å²) < 4.78 is 11.7. The van der Waals surface area contributed by atoms with Gasteiger partial charge in [0, 0.05) is 42.2 Å². The number of carbonyl (C=O) groups excluding carboxylic acids is 1. The number of methoxy groups -OCH3 is 1. The van der Waals surface area contributed by atoms with Crippen molar-refractivity contribution in [2.45, 2.75) is 63.6 Å². The highest BCUT2D eigenvalue weighted by atomic mass is 35.5. The number of benzene rings is 2. The van der Waals surface area contributed by atoms with Crippen LogP contribution in [0.25, 0.3) is 21.5 Å². The van der Waals surface area contributed by atoms with Gasteiger partial charge in [0.1, 0.15) is 11.5 Å². The molecule has 10 heteroatoms. The molecule has 1 saturated carbocycles. The van der Waals surface area contributed by atoms with Gasteiger partial charge in [-0.25, -0.2) is 9.78 Å². The number of esters is 1. The van der Waals surface area contributed by atoms with Crippen molar-refractivity contribution in [1.29, 1.82) is 0 Å². The molecule has 1 N–H and O–H groups in total. The number of piperidine rings is 1. The van der Waals surface area contributed by atoms with Gasteiger partial charge >= 0.3 is 5.97 Å². The Kier molecular flexibility index (Phi) is 7.55. The van der Waals surface area contributed by atoms with Crippen molar-refractivity contribution >= 4 is 55.9 Å². The van der Waals surface area contributed by atoms with Crippen molar-refractivity contribution in [2.75, 3.05) is 18.6 Å². The first kappa shape index (κ1) is 26.6. The maximum atomic E-state index is 12.0. The summed E-state index contributed by atoms with van der Waals surface area (Å²) in [4.78, 5) is 19.3. The maximum Gasteiger partial charge on any atom is 0.337 e. The molecule has 2 aliphatic rings. The number of ether oxygens (including phenoxy) is 1. The van der Waals surface area contributed by atoms with Gasteiger partial charge < -0.3 is 19.5 Å². The summed E-state index contributed by atoms with van der Waals surface area (Å²) in [5.74, 6) is 1.05. The normalized spacial score (nSPS) is 19.5. The zero-order valence-corrected chi connectivity index (χ0v) is 24.2. The van der Waals surface area contributed by atoms with Crippen LogP contribution >= 0.6 is 34.5 Å². The van der Waals surface area contributed by atoms with Crippen molar-refractivity contribution in [3.8, 4) is 11.3 Å². The van der Waals surface area contributed by atoms with Gasteiger partial charge in [-0.15, -0.1) is 0 Å². The highest BCUT2D eigenvalue weighted by molar-refractivity contribution is 7.22. The molecule has 4 aromatic rings. The third-order valence-corrected chi connectivity index (χ3v) is 9.45. The molecule has 6 rings (SSSR count). The number of fused-ring (bicyclic) bond motifs is 1. The minimum atomic E-state index is -0.331. The third kappa shape index (κ3) is 5.27. The van der Waals surface area contributed by atoms with Crippen LogP contribution in [-0.4, -0.2) is 41.8 Å². The average molecular weight is 586 g/mol. The SMILES string of the molecule is CCC1CC(NCc2c(-c3c(Cl)cccc3Cl)noc2C2CC2)CCN1c1nc2ccc(C(=O)OC)cc2s1. The van der Waals surface area contributed by atoms with E-state index in [4.69, 9.17) is 37.4 Å². The summed E-state index contributed by atoms with van der Waals surface area (Å²) in [6.45, 7) is 3.79. The minimum absolute atomic E-state index is 0.331. The predicted octanol–water partition coefficient (Wildman–Crippen LogP) is 7.46. The van der Waals surface area contributed by atoms with Gasteiger partial charge in [0.25, 0.3) is 0 Å². The van der Waals surface area contributed by atoms with Crippen LogP contribution in [0.1, 0.15) is 66.6 Å². The molecule has 3 heterocycles. The molecule has 1 saturated heterocycles. The molecular formula is C29H30Cl2N4O3S. The summed E-state index contributed by atoms with van der Waals surface area (Å²) in [6.07, 6.45) is 5.26. The molecule has 2 aromatic heterocycles. The lowest BCUT2D eigenvalue weighted by Gasteiger charge is -2.39. The molecule has 39 heavy (non-hydrogen) atoms. The Morgan fingerprint density at radius 3 is 2.72 bits per heavy atom. The van der Waals surface area contributed by atoms with Crippen LogP contribution < -0.4 is 10.2 Å². The van der Waals surface area contributed by atoms with E-state index in [1.165, 1.54) is 7.11 Å². The molecule has 2 aromatic carbocycles. The smallest absolute Gasteiger partial charge is 0.337 e. The number of nitrogens with zero attached hydrogens (tertiary/aromatic N) is 3. The first-order valence-electron chi connectivity index (χ1n) is 13.4. The van der Waals surface area contributed by atoms with E-state index >= 15 is 0 Å². The topological polar surface area (TPSA) is 80.5 Å². The number of anilines is 1. The van der Waals surface area contributed by atoms with E-state index in [9.17, 15) is 4.79 Å². The first-order chi connectivity index (χ1) is 19.0. The highest BCUT2D eigenvalue weighted by Crippen LogP contribution is 2.46. The number of aromatic nitrogens is 2. The fraction of sp³-hybridized carbons (Fsp3) is 0.414. The molecule has 2 atom stereocenters. The van der Waals surface area contributed by atoms with E-state index in [1.807, 2.05) is 30.3 Å². The number of thiazole rings is 1. The van der Waals surface area contributed by atoms with Crippen LogP contribution in [0.3, 0.4) is 0 Å². The van der Waals surface area contributed by atoms with Gasteiger partial charge in [0.2, 0.25) is 0 Å². The lowest BCUT2D eigenvalue weighted by Crippen LogP contribution is -2.48. The standard InChI is InChI=1S/C29H30Cl2N4O3S/c1-3-19-14-18(11-12-35(19)29-33-23-10-9-17(28(36)37-2)13-24(23)39-29)32-15-20-26(34-38-27(20)16-7-8-16)25-21(30)5-4-6-22(25)31/h4-6,9-10,13,16,18-19,32H,3,7-8,11-12,14-15H2,1-2H3. The van der Waals surface area contributed by atoms with Gasteiger partial charge in [-0.3, -0.25) is 0 Å². The van der Waals surface area contributed by atoms with Gasteiger partial charge in [-0.1, -0.05) is 52.7 Å². The summed E-state index contributed by atoms with van der Waals surface area (Å²) in [7, 11) is 1.40. The summed E-state index contributed by atoms with van der Waals surface area (Å²) >= 11 is 14.7. The number of hydrogen-bond donors (Lipinski definition) is 1. The van der Waals surface area contributed by atoms with E-state index < -0.39 is 0 Å². The molecule has 1 aliphatic heterocycles. The Labute approximate surface area is 241 Å². The zero-order chi connectivity index (χ0) is 27.1. The lowest BCUT2D eigenvalue weighted by atomic mass is 9.95. The molecule has 2 unspecified atom stereocenters. The fourth-order valence-electron chi connectivity index (χ4n) is 5.48. The summed E-state index contributed by atoms with van der Waals surface area (Å²) in [5, 5.41) is 10.4. The molecule has 0 radical (unpaired) electrons. The summed E-state index contributed by atoms with van der Waals surface area (Å²) in [5.41, 5.74) is 4.00. The second-order valence-electron chi connectivity index (χ2n) is 10.3. The van der Waals surface area contributed by atoms with Crippen molar-refractivity contribution < 1.29 is 14.1 Å². The Balaban J connectivity index is 1.18. The van der Waals surface area contributed by atoms with Crippen molar-refractivity contribution in [3.63, 3.8) is 0 Å². The van der Waals surface area contributed by atoms with Crippen LogP contribution in [0, 0.1) is 0 Å². The molecule has 7 nitrogen and oxygen atoms in total. The van der Waals surface area contributed by atoms with E-state index in [-0.39, 0.29) is 5.97 Å². The maximum absolute atomic E-state index is 12.0. The molecule has 1 aliphatic carbocycles. The van der Waals surface area contributed by atoms with E-state index in [1.54, 1.807) is 17.4 Å². The van der Waals surface area contributed by atoms with Crippen LogP contribution in [0.5, 0.6) is 0 Å². The fourth-order valence-corrected chi connectivity index (χ4v) is 7.16. The summed E-state index contributed by atoms with van der Waals surface area (Å²) in [6, 6.07) is 11.8. The van der Waals surface area contributed by atoms with E-state index in [2.05, 4.69) is 22.3 Å². The molecule has 0 bridgehead atoms. The van der Waals surface area contributed by atoms with Crippen molar-refractivity contribution in [2.24, 2.45) is 0 Å². The van der Waals surface area contributed by atoms with Crippen molar-refractivity contribution in [3.05, 3.63) is 63.3 Å². The van der Waals surface area contributed by atoms with Crippen molar-refractivity contribution in [1.82, 2.24) is 15.5 Å². The number of rotatable bonds is 8. The zero-order valence-electron chi connectivity index (χ0n) is 21.9. The molecule has 204 valence electrons. The average Bonchev–Trinajstić information content (AvgIpc) is 3.57. The van der Waals surface area contributed by atoms with E-state index in [0.29, 0.717) is 40.2 Å². The van der Waals surface area contributed by atoms with Crippen LogP contribution in [0.2, 0.25) is 10.0 Å². The molecule has 0 amide bonds. The Bertz CT molecular complexity index is 1500. The number of halogens is 2. The highest BCUT2D eigenvalue weighted by Gasteiger charge is 2.34. The lowest BCUT2D eigenvalue weighted by molar-refractivity contribution is 0.0601. The Morgan fingerprint density at radius 2 is 2.00 bits per heavy atom. The number of carbonyl (C=O) groups is 1. The van der Waals surface area contributed by atoms with Crippen LogP contribution in [0.15, 0.2) is 40.9 Å². The number of nitrogens with one attached hydrogen (secondary N) is 1. The quantitative estimate of drug-likeness (QED) is 0.215. The Morgan fingerprint density at radius 1 is 1.21 bits per heavy atom. The minimum Gasteiger partial charge on any atom is -0.465 e. The second kappa shape index (κ2) is 11.1. The van der Waals surface area contributed by atoms with Gasteiger partial charge in [0.15, 0.2) is 5.13 Å². The monoisotopic (exact) mass is 584 g/mol. The molecule has 2 fully saturated rings. The Hall–Kier alpha value is -2.65. The van der Waals surface area contributed by atoms with E-state index in [0.717, 1.165) is 76.6 Å². The van der Waals surface area contributed by atoms with Gasteiger partial charge in [0.05, 0.1) is 32.9 Å². The van der Waals surface area contributed by atoms with Gasteiger partial charge in [-0.2, -0.15) is 0 Å². The molecular weight excluding hydrogens is 555 g/mol. The third-order valence-electron chi connectivity index (χ3n) is 7.76. The van der Waals surface area contributed by atoms with Crippen LogP contribution in [-0.2, 0) is 11.3 Å². The number of hydrogen-bond acceptors (Lipinski definition) is 8. The largest absolute Gasteiger partial charge is 0.465 e.